The minimum absolute atomic E-state index is 0.450. The van der Waals surface area contributed by atoms with Gasteiger partial charge in [-0.1, -0.05) is 140 Å². The summed E-state index contributed by atoms with van der Waals surface area (Å²) < 4.78 is 6.52. The van der Waals surface area contributed by atoms with Crippen molar-refractivity contribution < 1.29 is 4.74 Å². The minimum Gasteiger partial charge on any atom is -0.456 e. The second-order valence-electron chi connectivity index (χ2n) is 12.8. The van der Waals surface area contributed by atoms with Crippen molar-refractivity contribution in [3.8, 4) is 56.0 Å². The minimum atomic E-state index is -0.450. The first-order valence-electron chi connectivity index (χ1n) is 16.0. The zero-order valence-corrected chi connectivity index (χ0v) is 24.9. The first-order valence-corrected chi connectivity index (χ1v) is 16.0. The molecule has 0 aromatic heterocycles. The van der Waals surface area contributed by atoms with Crippen molar-refractivity contribution in [2.24, 2.45) is 0 Å². The Kier molecular flexibility index (Phi) is 4.57. The quantitative estimate of drug-likeness (QED) is 0.187. The van der Waals surface area contributed by atoms with Crippen LogP contribution in [-0.2, 0) is 5.41 Å². The van der Waals surface area contributed by atoms with Crippen LogP contribution in [0.4, 0.5) is 0 Å². The summed E-state index contributed by atoms with van der Waals surface area (Å²) >= 11 is 0. The summed E-state index contributed by atoms with van der Waals surface area (Å²) in [5, 5.41) is 4.97. The Morgan fingerprint density at radius 3 is 1.85 bits per heavy atom. The number of hydrogen-bond acceptors (Lipinski definition) is 1. The Morgan fingerprint density at radius 1 is 0.370 bits per heavy atom. The van der Waals surface area contributed by atoms with Crippen LogP contribution in [0, 0.1) is 0 Å². The van der Waals surface area contributed by atoms with E-state index in [4.69, 9.17) is 4.74 Å². The van der Waals surface area contributed by atoms with Gasteiger partial charge in [0.25, 0.3) is 0 Å². The van der Waals surface area contributed by atoms with Crippen LogP contribution >= 0.6 is 0 Å². The molecule has 1 aliphatic heterocycles. The fourth-order valence-corrected chi connectivity index (χ4v) is 8.95. The smallest absolute Gasteiger partial charge is 0.135 e. The van der Waals surface area contributed by atoms with Crippen molar-refractivity contribution in [1.29, 1.82) is 0 Å². The Morgan fingerprint density at radius 2 is 1.00 bits per heavy atom. The van der Waals surface area contributed by atoms with Crippen LogP contribution < -0.4 is 4.74 Å². The van der Waals surface area contributed by atoms with Crippen LogP contribution in [0.3, 0.4) is 0 Å². The molecule has 1 nitrogen and oxygen atoms in total. The van der Waals surface area contributed by atoms with Gasteiger partial charge in [0.1, 0.15) is 11.5 Å². The molecule has 11 rings (SSSR count). The van der Waals surface area contributed by atoms with Gasteiger partial charge in [0.05, 0.1) is 5.41 Å². The summed E-state index contributed by atoms with van der Waals surface area (Å²) in [6.07, 6.45) is 0. The molecule has 1 atom stereocenters. The molecule has 212 valence electrons. The van der Waals surface area contributed by atoms with Crippen molar-refractivity contribution in [3.05, 3.63) is 180 Å². The van der Waals surface area contributed by atoms with Gasteiger partial charge in [-0.05, 0) is 95.6 Å². The van der Waals surface area contributed by atoms with Crippen LogP contribution in [0.5, 0.6) is 11.5 Å². The van der Waals surface area contributed by atoms with Crippen LogP contribution in [0.15, 0.2) is 158 Å². The van der Waals surface area contributed by atoms with E-state index >= 15 is 0 Å². The standard InChI is InChI=1S/C45H26O/c1-2-13-30-27(10-1)22-24-36-33-15-4-6-20-39(33)45(43(30)36)38-19-5-3-14-32(38)35-18-9-16-31(44(35)45)29-23-25-40-37(26-29)34-17-7-11-28-12-8-21-41(46-40)42(28)34/h1-26H. The van der Waals surface area contributed by atoms with Gasteiger partial charge < -0.3 is 4.74 Å². The lowest BCUT2D eigenvalue weighted by Gasteiger charge is -2.33. The zero-order valence-electron chi connectivity index (χ0n) is 24.9. The Labute approximate surface area is 267 Å². The predicted octanol–water partition coefficient (Wildman–Crippen LogP) is 11.8. The third-order valence-electron chi connectivity index (χ3n) is 10.7. The van der Waals surface area contributed by atoms with Gasteiger partial charge in [-0.25, -0.2) is 0 Å². The molecule has 46 heavy (non-hydrogen) atoms. The highest BCUT2D eigenvalue weighted by atomic mass is 16.5. The third-order valence-corrected chi connectivity index (χ3v) is 10.7. The lowest BCUT2D eigenvalue weighted by molar-refractivity contribution is 0.487. The summed E-state index contributed by atoms with van der Waals surface area (Å²) in [4.78, 5) is 0. The normalized spacial score (nSPS) is 16.1. The number of rotatable bonds is 1. The van der Waals surface area contributed by atoms with Crippen molar-refractivity contribution in [2.75, 3.05) is 0 Å². The van der Waals surface area contributed by atoms with Gasteiger partial charge in [0.2, 0.25) is 0 Å². The molecule has 1 heterocycles. The highest BCUT2D eigenvalue weighted by molar-refractivity contribution is 6.07. The summed E-state index contributed by atoms with van der Waals surface area (Å²) in [7, 11) is 0. The highest BCUT2D eigenvalue weighted by Gasteiger charge is 2.53. The average molecular weight is 583 g/mol. The Hall–Kier alpha value is -5.92. The Balaban J connectivity index is 1.27. The molecule has 0 saturated heterocycles. The highest BCUT2D eigenvalue weighted by Crippen LogP contribution is 2.65. The van der Waals surface area contributed by atoms with E-state index in [2.05, 4.69) is 158 Å². The molecule has 8 aromatic rings. The topological polar surface area (TPSA) is 9.23 Å². The lowest BCUT2D eigenvalue weighted by atomic mass is 9.67. The van der Waals surface area contributed by atoms with Gasteiger partial charge in [0.15, 0.2) is 0 Å². The first kappa shape index (κ1) is 24.4. The molecule has 0 saturated carbocycles. The van der Waals surface area contributed by atoms with Crippen molar-refractivity contribution >= 4 is 21.5 Å². The molecule has 3 aliphatic rings. The second kappa shape index (κ2) is 8.62. The van der Waals surface area contributed by atoms with Gasteiger partial charge in [-0.3, -0.25) is 0 Å². The monoisotopic (exact) mass is 582 g/mol. The molecule has 0 radical (unpaired) electrons. The molecule has 0 fully saturated rings. The largest absolute Gasteiger partial charge is 0.456 e. The van der Waals surface area contributed by atoms with E-state index in [9.17, 15) is 0 Å². The third kappa shape index (κ3) is 2.87. The molecule has 8 aromatic carbocycles. The molecule has 1 unspecified atom stereocenters. The predicted molar refractivity (Wildman–Crippen MR) is 189 cm³/mol. The van der Waals surface area contributed by atoms with E-state index in [1.807, 2.05) is 0 Å². The van der Waals surface area contributed by atoms with Gasteiger partial charge in [-0.2, -0.15) is 0 Å². The van der Waals surface area contributed by atoms with Crippen molar-refractivity contribution in [2.45, 2.75) is 5.41 Å². The zero-order chi connectivity index (χ0) is 30.0. The maximum absolute atomic E-state index is 6.52. The van der Waals surface area contributed by atoms with Gasteiger partial charge in [0, 0.05) is 10.9 Å². The summed E-state index contributed by atoms with van der Waals surface area (Å²) in [5.74, 6) is 1.83. The number of ether oxygens (including phenoxy) is 1. The fourth-order valence-electron chi connectivity index (χ4n) is 8.95. The average Bonchev–Trinajstić information content (AvgIpc) is 3.59. The van der Waals surface area contributed by atoms with E-state index in [0.29, 0.717) is 0 Å². The van der Waals surface area contributed by atoms with Gasteiger partial charge in [-0.15, -0.1) is 0 Å². The molecule has 0 bridgehead atoms. The van der Waals surface area contributed by atoms with E-state index < -0.39 is 5.41 Å². The van der Waals surface area contributed by atoms with Crippen LogP contribution in [-0.4, -0.2) is 0 Å². The number of hydrogen-bond donors (Lipinski definition) is 0. The maximum Gasteiger partial charge on any atom is 0.135 e. The second-order valence-corrected chi connectivity index (χ2v) is 12.8. The molecule has 0 N–H and O–H groups in total. The molecule has 0 amide bonds. The number of benzene rings is 8. The van der Waals surface area contributed by atoms with E-state index in [-0.39, 0.29) is 0 Å². The lowest BCUT2D eigenvalue weighted by Crippen LogP contribution is -2.27. The number of fused-ring (bicyclic) bond motifs is 14. The van der Waals surface area contributed by atoms with Crippen molar-refractivity contribution in [1.82, 2.24) is 0 Å². The van der Waals surface area contributed by atoms with Crippen LogP contribution in [0.25, 0.3) is 66.1 Å². The SMILES string of the molecule is c1ccc2c(c1)-c1cccc(-c3ccc4c(c3)-c3cccc5cccc(c35)O4)c1C21c2ccccc2-c2ccc3ccccc3c21. The molecule has 1 spiro atoms. The molecule has 2 aliphatic carbocycles. The molecular formula is C45H26O. The van der Waals surface area contributed by atoms with E-state index in [0.717, 1.165) is 17.1 Å². The molecular weight excluding hydrogens is 556 g/mol. The van der Waals surface area contributed by atoms with Crippen LogP contribution in [0.1, 0.15) is 22.3 Å². The first-order chi connectivity index (χ1) is 22.8. The Bertz CT molecular complexity index is 2610. The van der Waals surface area contributed by atoms with Gasteiger partial charge >= 0.3 is 0 Å². The van der Waals surface area contributed by atoms with E-state index in [1.165, 1.54) is 82.7 Å². The van der Waals surface area contributed by atoms with Crippen LogP contribution in [0.2, 0.25) is 0 Å². The summed E-state index contributed by atoms with van der Waals surface area (Å²) in [5.41, 5.74) is 15.1. The summed E-state index contributed by atoms with van der Waals surface area (Å²) in [6.45, 7) is 0. The van der Waals surface area contributed by atoms with E-state index in [1.54, 1.807) is 0 Å². The van der Waals surface area contributed by atoms with Crippen molar-refractivity contribution in [3.63, 3.8) is 0 Å². The summed E-state index contributed by atoms with van der Waals surface area (Å²) in [6, 6.07) is 58.3. The molecule has 1 heteroatoms. The fraction of sp³-hybridized carbons (Fsp3) is 0.0222. The maximum atomic E-state index is 6.52.